The van der Waals surface area contributed by atoms with Gasteiger partial charge in [0, 0.05) is 12.1 Å². The maximum Gasteiger partial charge on any atom is 0.305 e. The predicted octanol–water partition coefficient (Wildman–Crippen LogP) is -0.110. The Bertz CT molecular complexity index is 823. The Balaban J connectivity index is 6.08. The second kappa shape index (κ2) is 12.4. The molecule has 0 aromatic rings. The average molecular weight is 496 g/mol. The molecule has 0 saturated heterocycles. The molecule has 0 aromatic carbocycles. The third-order valence-corrected chi connectivity index (χ3v) is 6.00. The van der Waals surface area contributed by atoms with E-state index in [1.807, 2.05) is 20.8 Å². The van der Waals surface area contributed by atoms with Crippen LogP contribution in [-0.2, 0) is 14.4 Å². The fourth-order valence-corrected chi connectivity index (χ4v) is 3.56. The molecule has 0 bridgehead atoms. The first-order valence-electron chi connectivity index (χ1n) is 11.6. The van der Waals surface area contributed by atoms with Crippen LogP contribution < -0.4 is 32.7 Å². The third-order valence-electron chi connectivity index (χ3n) is 6.00. The van der Waals surface area contributed by atoms with Crippen molar-refractivity contribution in [2.24, 2.45) is 16.9 Å². The zero-order valence-corrected chi connectivity index (χ0v) is 22.4. The molecule has 0 aliphatic carbocycles. The number of rotatable bonds is 15. The molecular formula is C24H45N7O4. The number of Topliss-reactive ketones (excluding diaryl/α,β-unsaturated/α-hetero) is 2. The molecule has 3 unspecified atom stereocenters. The highest BCUT2D eigenvalue weighted by atomic mass is 16.4. The number of carboxylic acids is 1. The van der Waals surface area contributed by atoms with Gasteiger partial charge in [-0.05, 0) is 61.8 Å². The van der Waals surface area contributed by atoms with Crippen LogP contribution in [0.25, 0.3) is 0 Å². The maximum absolute atomic E-state index is 13.6. The van der Waals surface area contributed by atoms with Crippen LogP contribution in [0.15, 0.2) is 0 Å². The molecule has 0 rings (SSSR count). The Morgan fingerprint density at radius 2 is 1.54 bits per heavy atom. The first-order chi connectivity index (χ1) is 15.7. The van der Waals surface area contributed by atoms with Gasteiger partial charge in [0.05, 0.1) is 41.7 Å². The summed E-state index contributed by atoms with van der Waals surface area (Å²) < 4.78 is 0. The number of aliphatic carboxylic acids is 1. The van der Waals surface area contributed by atoms with E-state index in [4.69, 9.17) is 23.3 Å². The number of terminal acetylenes is 1. The summed E-state index contributed by atoms with van der Waals surface area (Å²) in [6, 6.07) is -1.83. The Morgan fingerprint density at radius 1 is 1.00 bits per heavy atom. The summed E-state index contributed by atoms with van der Waals surface area (Å²) in [5.41, 5.74) is 7.79. The second-order valence-electron chi connectivity index (χ2n) is 11.1. The minimum atomic E-state index is -1.42. The first kappa shape index (κ1) is 32.5. The van der Waals surface area contributed by atoms with Gasteiger partial charge in [0.15, 0.2) is 17.5 Å². The number of hydrogen-bond acceptors (Lipinski definition) is 8. The molecule has 11 heteroatoms. The van der Waals surface area contributed by atoms with Crippen LogP contribution in [-0.4, -0.2) is 70.5 Å². The van der Waals surface area contributed by atoms with Crippen molar-refractivity contribution in [3.05, 3.63) is 0 Å². The summed E-state index contributed by atoms with van der Waals surface area (Å²) in [5.74, 6) is 0.447. The Hall–Kier alpha value is -2.52. The number of ketones is 2. The van der Waals surface area contributed by atoms with Gasteiger partial charge in [-0.25, -0.2) is 0 Å². The van der Waals surface area contributed by atoms with E-state index in [-0.39, 0.29) is 31.3 Å². The van der Waals surface area contributed by atoms with Crippen molar-refractivity contribution < 1.29 is 19.5 Å². The normalized spacial score (nSPS) is 15.9. The molecule has 11 nitrogen and oxygen atoms in total. The van der Waals surface area contributed by atoms with Crippen LogP contribution in [0.2, 0.25) is 0 Å². The van der Waals surface area contributed by atoms with Gasteiger partial charge in [-0.15, -0.1) is 6.42 Å². The van der Waals surface area contributed by atoms with Gasteiger partial charge in [0.1, 0.15) is 0 Å². The summed E-state index contributed by atoms with van der Waals surface area (Å²) in [6.07, 6.45) is 5.14. The summed E-state index contributed by atoms with van der Waals surface area (Å²) in [5, 5.41) is 28.6. The molecule has 35 heavy (non-hydrogen) atoms. The second-order valence-corrected chi connectivity index (χ2v) is 11.1. The molecule has 0 fully saturated rings. The minimum absolute atomic E-state index is 0.177. The number of nitrogens with two attached hydrogens (primary N) is 2. The number of guanidine groups is 1. The minimum Gasteiger partial charge on any atom is -0.481 e. The predicted molar refractivity (Wildman–Crippen MR) is 138 cm³/mol. The number of carboxylic acid groups (broad SMARTS) is 1. The molecule has 0 aliphatic heterocycles. The van der Waals surface area contributed by atoms with E-state index in [1.54, 1.807) is 34.6 Å². The lowest BCUT2D eigenvalue weighted by molar-refractivity contribution is -0.143. The average Bonchev–Trinajstić information content (AvgIpc) is 2.67. The van der Waals surface area contributed by atoms with Crippen molar-refractivity contribution in [2.75, 3.05) is 13.1 Å². The lowest BCUT2D eigenvalue weighted by atomic mass is 9.72. The number of nitrogens with one attached hydrogen (secondary N) is 5. The number of hydrogen-bond donors (Lipinski definition) is 8. The third kappa shape index (κ3) is 10.3. The topological polar surface area (TPSA) is 195 Å². The molecule has 10 N–H and O–H groups in total. The monoisotopic (exact) mass is 495 g/mol. The summed E-state index contributed by atoms with van der Waals surface area (Å²) >= 11 is 0. The molecule has 3 atom stereocenters. The van der Waals surface area contributed by atoms with Crippen molar-refractivity contribution in [1.29, 1.82) is 5.41 Å². The van der Waals surface area contributed by atoms with Gasteiger partial charge < -0.3 is 27.2 Å². The molecule has 0 saturated carbocycles. The van der Waals surface area contributed by atoms with Crippen molar-refractivity contribution in [1.82, 2.24) is 21.3 Å². The van der Waals surface area contributed by atoms with Gasteiger partial charge in [-0.2, -0.15) is 0 Å². The molecule has 0 heterocycles. The highest BCUT2D eigenvalue weighted by Crippen LogP contribution is 2.31. The highest BCUT2D eigenvalue weighted by molar-refractivity contribution is 5.94. The lowest BCUT2D eigenvalue weighted by Crippen LogP contribution is -2.71. The Labute approximate surface area is 209 Å². The SMILES string of the molecule is C#CCNC(C)(C)C(=O)C(CCNC(=N)N)NC(C)(N)C(C)(C)C(=O)C(CC(=O)O)NC(C)(C)C. The largest absolute Gasteiger partial charge is 0.481 e. The fraction of sp³-hybridized carbons (Fsp3) is 0.750. The molecule has 0 aromatic heterocycles. The van der Waals surface area contributed by atoms with E-state index < -0.39 is 52.4 Å². The highest BCUT2D eigenvalue weighted by Gasteiger charge is 2.49. The van der Waals surface area contributed by atoms with Gasteiger partial charge in [0.25, 0.3) is 0 Å². The molecule has 0 spiro atoms. The molecular weight excluding hydrogens is 450 g/mol. The zero-order valence-electron chi connectivity index (χ0n) is 22.4. The van der Waals surface area contributed by atoms with Crippen molar-refractivity contribution in [3.63, 3.8) is 0 Å². The maximum atomic E-state index is 13.6. The van der Waals surface area contributed by atoms with E-state index in [2.05, 4.69) is 27.2 Å². The summed E-state index contributed by atoms with van der Waals surface area (Å²) in [7, 11) is 0. The molecule has 200 valence electrons. The van der Waals surface area contributed by atoms with Crippen LogP contribution in [0.4, 0.5) is 0 Å². The van der Waals surface area contributed by atoms with Gasteiger partial charge in [0.2, 0.25) is 0 Å². The zero-order chi connectivity index (χ0) is 27.8. The van der Waals surface area contributed by atoms with Crippen molar-refractivity contribution in [3.8, 4) is 12.3 Å². The van der Waals surface area contributed by atoms with Crippen LogP contribution >= 0.6 is 0 Å². The summed E-state index contributed by atoms with van der Waals surface area (Å²) in [6.45, 7) is 14.1. The van der Waals surface area contributed by atoms with Crippen molar-refractivity contribution >= 4 is 23.5 Å². The Morgan fingerprint density at radius 3 is 1.97 bits per heavy atom. The van der Waals surface area contributed by atoms with E-state index >= 15 is 0 Å². The molecule has 0 aliphatic rings. The van der Waals surface area contributed by atoms with Gasteiger partial charge in [-0.1, -0.05) is 5.92 Å². The smallest absolute Gasteiger partial charge is 0.305 e. The van der Waals surface area contributed by atoms with E-state index in [9.17, 15) is 19.5 Å². The van der Waals surface area contributed by atoms with Crippen LogP contribution in [0.1, 0.15) is 68.2 Å². The lowest BCUT2D eigenvalue weighted by Gasteiger charge is -2.45. The van der Waals surface area contributed by atoms with E-state index in [0.717, 1.165) is 0 Å². The summed E-state index contributed by atoms with van der Waals surface area (Å²) in [4.78, 5) is 38.5. The molecule has 0 amide bonds. The van der Waals surface area contributed by atoms with Crippen LogP contribution in [0.3, 0.4) is 0 Å². The Kier molecular flexibility index (Phi) is 11.5. The first-order valence-corrected chi connectivity index (χ1v) is 11.6. The standard InChI is InChI=1S/C24H45N7O4/c1-10-12-29-23(7,8)19(35)15(11-13-28-20(25)26)31-24(9,27)22(5,6)18(34)16(14-17(32)33)30-21(2,3)4/h1,15-16,29-31H,11-14,27H2,2-9H3,(H,32,33)(H4,25,26,28). The molecule has 0 radical (unpaired) electrons. The van der Waals surface area contributed by atoms with E-state index in [0.29, 0.717) is 0 Å². The van der Waals surface area contributed by atoms with E-state index in [1.165, 1.54) is 0 Å². The fourth-order valence-electron chi connectivity index (χ4n) is 3.56. The quantitative estimate of drug-likeness (QED) is 0.0657. The number of carbonyl (C=O) groups excluding carboxylic acids is 2. The van der Waals surface area contributed by atoms with Crippen molar-refractivity contribution in [2.45, 2.75) is 97.1 Å². The van der Waals surface area contributed by atoms with Gasteiger partial charge in [-0.3, -0.25) is 30.4 Å². The number of carbonyl (C=O) groups is 3. The van der Waals surface area contributed by atoms with Crippen LogP contribution in [0, 0.1) is 23.2 Å². The van der Waals surface area contributed by atoms with Gasteiger partial charge >= 0.3 is 5.97 Å². The van der Waals surface area contributed by atoms with Crippen LogP contribution in [0.5, 0.6) is 0 Å².